The molecule has 2 fully saturated rings. The summed E-state index contributed by atoms with van der Waals surface area (Å²) < 4.78 is 5.35. The SMILES string of the molecule is O=C(CCCc1c[nH]c2ccccc12)N1C[C@@H]2COC[C@]2(C(=O)O)C1. The van der Waals surface area contributed by atoms with Gasteiger partial charge >= 0.3 is 5.97 Å². The van der Waals surface area contributed by atoms with Crippen molar-refractivity contribution in [3.63, 3.8) is 0 Å². The van der Waals surface area contributed by atoms with Crippen molar-refractivity contribution in [1.29, 1.82) is 0 Å². The van der Waals surface area contributed by atoms with Gasteiger partial charge in [0.1, 0.15) is 5.41 Å². The van der Waals surface area contributed by atoms with Gasteiger partial charge in [-0.3, -0.25) is 9.59 Å². The van der Waals surface area contributed by atoms with Gasteiger partial charge in [-0.1, -0.05) is 18.2 Å². The fourth-order valence-corrected chi connectivity index (χ4v) is 4.15. The molecule has 1 amide bonds. The van der Waals surface area contributed by atoms with E-state index in [0.717, 1.165) is 18.4 Å². The Morgan fingerprint density at radius 1 is 1.36 bits per heavy atom. The van der Waals surface area contributed by atoms with E-state index in [2.05, 4.69) is 11.1 Å². The Morgan fingerprint density at radius 3 is 3.00 bits per heavy atom. The average molecular weight is 342 g/mol. The molecule has 0 unspecified atom stereocenters. The molecule has 0 radical (unpaired) electrons. The number of carboxylic acid groups (broad SMARTS) is 1. The molecule has 1 aromatic carbocycles. The van der Waals surface area contributed by atoms with Crippen LogP contribution in [0.15, 0.2) is 30.5 Å². The highest BCUT2D eigenvalue weighted by atomic mass is 16.5. The number of amides is 1. The van der Waals surface area contributed by atoms with Crippen LogP contribution in [0.2, 0.25) is 0 Å². The highest BCUT2D eigenvalue weighted by molar-refractivity contribution is 5.83. The predicted molar refractivity (Wildman–Crippen MR) is 92.2 cm³/mol. The molecule has 0 saturated carbocycles. The van der Waals surface area contributed by atoms with Gasteiger partial charge in [-0.25, -0.2) is 0 Å². The van der Waals surface area contributed by atoms with E-state index in [1.165, 1.54) is 10.9 Å². The molecule has 2 aliphatic heterocycles. The molecule has 3 heterocycles. The number of ether oxygens (including phenoxy) is 1. The van der Waals surface area contributed by atoms with Crippen LogP contribution in [-0.2, 0) is 20.7 Å². The van der Waals surface area contributed by atoms with Gasteiger partial charge in [-0.2, -0.15) is 0 Å². The second kappa shape index (κ2) is 6.19. The lowest BCUT2D eigenvalue weighted by molar-refractivity contribution is -0.149. The number of para-hydroxylation sites is 1. The van der Waals surface area contributed by atoms with Crippen molar-refractivity contribution in [2.24, 2.45) is 11.3 Å². The number of rotatable bonds is 5. The largest absolute Gasteiger partial charge is 0.481 e. The minimum atomic E-state index is -0.896. The second-order valence-electron chi connectivity index (χ2n) is 7.16. The van der Waals surface area contributed by atoms with Crippen LogP contribution in [0.4, 0.5) is 0 Å². The third kappa shape index (κ3) is 2.70. The van der Waals surface area contributed by atoms with E-state index in [0.29, 0.717) is 19.6 Å². The number of hydrogen-bond acceptors (Lipinski definition) is 3. The maximum Gasteiger partial charge on any atom is 0.314 e. The Morgan fingerprint density at radius 2 is 2.20 bits per heavy atom. The first kappa shape index (κ1) is 16.1. The molecule has 2 atom stereocenters. The van der Waals surface area contributed by atoms with Gasteiger partial charge < -0.3 is 19.7 Å². The van der Waals surface area contributed by atoms with Gasteiger partial charge in [0.05, 0.1) is 13.2 Å². The molecule has 0 spiro atoms. The maximum atomic E-state index is 12.5. The lowest BCUT2D eigenvalue weighted by atomic mass is 9.81. The maximum absolute atomic E-state index is 12.5. The summed E-state index contributed by atoms with van der Waals surface area (Å²) in [6.45, 7) is 1.43. The molecule has 4 rings (SSSR count). The topological polar surface area (TPSA) is 82.6 Å². The van der Waals surface area contributed by atoms with Crippen molar-refractivity contribution in [3.8, 4) is 0 Å². The van der Waals surface area contributed by atoms with E-state index in [9.17, 15) is 14.7 Å². The summed E-state index contributed by atoms with van der Waals surface area (Å²) >= 11 is 0. The first-order valence-electron chi connectivity index (χ1n) is 8.74. The number of fused-ring (bicyclic) bond motifs is 2. The Hall–Kier alpha value is -2.34. The van der Waals surface area contributed by atoms with E-state index >= 15 is 0 Å². The zero-order chi connectivity index (χ0) is 17.4. The number of aryl methyl sites for hydroxylation is 1. The van der Waals surface area contributed by atoms with E-state index in [1.54, 1.807) is 4.90 Å². The third-order valence-corrected chi connectivity index (χ3v) is 5.66. The molecule has 132 valence electrons. The first-order valence-corrected chi connectivity index (χ1v) is 8.74. The van der Waals surface area contributed by atoms with Crippen LogP contribution in [0.3, 0.4) is 0 Å². The monoisotopic (exact) mass is 342 g/mol. The number of carbonyl (C=O) groups excluding carboxylic acids is 1. The molecule has 0 aliphatic carbocycles. The quantitative estimate of drug-likeness (QED) is 0.871. The van der Waals surface area contributed by atoms with Crippen LogP contribution in [0.1, 0.15) is 18.4 Å². The number of carbonyl (C=O) groups is 2. The summed E-state index contributed by atoms with van der Waals surface area (Å²) in [5.41, 5.74) is 1.43. The molecule has 6 nitrogen and oxygen atoms in total. The number of nitrogens with one attached hydrogen (secondary N) is 1. The summed E-state index contributed by atoms with van der Waals surface area (Å²) in [7, 11) is 0. The van der Waals surface area contributed by atoms with Crippen molar-refractivity contribution in [3.05, 3.63) is 36.0 Å². The lowest BCUT2D eigenvalue weighted by Crippen LogP contribution is -2.40. The second-order valence-corrected chi connectivity index (χ2v) is 7.16. The summed E-state index contributed by atoms with van der Waals surface area (Å²) in [4.78, 5) is 29.1. The predicted octanol–water partition coefficient (Wildman–Crippen LogP) is 2.05. The summed E-state index contributed by atoms with van der Waals surface area (Å²) in [5.74, 6) is -0.874. The zero-order valence-corrected chi connectivity index (χ0v) is 14.0. The Kier molecular flexibility index (Phi) is 4.00. The fraction of sp³-hybridized carbons (Fsp3) is 0.474. The minimum Gasteiger partial charge on any atom is -0.481 e. The summed E-state index contributed by atoms with van der Waals surface area (Å²) in [6, 6.07) is 8.14. The Balaban J connectivity index is 1.35. The van der Waals surface area contributed by atoms with Crippen LogP contribution in [-0.4, -0.2) is 53.2 Å². The zero-order valence-electron chi connectivity index (χ0n) is 14.0. The number of carboxylic acids is 1. The van der Waals surface area contributed by atoms with Crippen molar-refractivity contribution in [2.45, 2.75) is 19.3 Å². The van der Waals surface area contributed by atoms with Gasteiger partial charge in [0.15, 0.2) is 0 Å². The molecular weight excluding hydrogens is 320 g/mol. The standard InChI is InChI=1S/C19H22N2O4/c22-17(21-9-14-10-25-12-19(14,11-21)18(23)24)7-3-4-13-8-20-16-6-2-1-5-15(13)16/h1-2,5-6,8,14,20H,3-4,7,9-12H2,(H,23,24)/t14-,19-/m1/s1. The third-order valence-electron chi connectivity index (χ3n) is 5.66. The first-order chi connectivity index (χ1) is 12.1. The van der Waals surface area contributed by atoms with Gasteiger partial charge in [0.25, 0.3) is 0 Å². The smallest absolute Gasteiger partial charge is 0.314 e. The van der Waals surface area contributed by atoms with Crippen LogP contribution >= 0.6 is 0 Å². The van der Waals surface area contributed by atoms with E-state index < -0.39 is 11.4 Å². The Bertz CT molecular complexity index is 815. The van der Waals surface area contributed by atoms with Gasteiger partial charge in [0.2, 0.25) is 5.91 Å². The normalized spacial score (nSPS) is 25.4. The van der Waals surface area contributed by atoms with E-state index in [4.69, 9.17) is 4.74 Å². The van der Waals surface area contributed by atoms with Gasteiger partial charge in [-0.15, -0.1) is 0 Å². The van der Waals surface area contributed by atoms with E-state index in [-0.39, 0.29) is 25.0 Å². The van der Waals surface area contributed by atoms with Crippen molar-refractivity contribution in [2.75, 3.05) is 26.3 Å². The molecule has 1 aromatic heterocycles. The number of nitrogens with zero attached hydrogens (tertiary/aromatic N) is 1. The van der Waals surface area contributed by atoms with Crippen LogP contribution in [0, 0.1) is 11.3 Å². The fourth-order valence-electron chi connectivity index (χ4n) is 4.15. The number of aromatic nitrogens is 1. The molecule has 6 heteroatoms. The van der Waals surface area contributed by atoms with Crippen LogP contribution in [0.25, 0.3) is 10.9 Å². The number of aromatic amines is 1. The molecular formula is C19H22N2O4. The van der Waals surface area contributed by atoms with Crippen molar-refractivity contribution >= 4 is 22.8 Å². The average Bonchev–Trinajstić information content (AvgIpc) is 3.27. The number of hydrogen-bond donors (Lipinski definition) is 2. The molecule has 0 bridgehead atoms. The van der Waals surface area contributed by atoms with Gasteiger partial charge in [0, 0.05) is 42.5 Å². The highest BCUT2D eigenvalue weighted by Crippen LogP contribution is 2.41. The number of H-pyrrole nitrogens is 1. The minimum absolute atomic E-state index is 0.0508. The Labute approximate surface area is 145 Å². The van der Waals surface area contributed by atoms with Crippen molar-refractivity contribution < 1.29 is 19.4 Å². The number of likely N-dealkylation sites (tertiary alicyclic amines) is 1. The van der Waals surface area contributed by atoms with Crippen LogP contribution < -0.4 is 0 Å². The summed E-state index contributed by atoms with van der Waals surface area (Å²) in [5, 5.41) is 10.8. The lowest BCUT2D eigenvalue weighted by Gasteiger charge is -2.22. The molecule has 2 N–H and O–H groups in total. The molecule has 2 aromatic rings. The van der Waals surface area contributed by atoms with E-state index in [1.807, 2.05) is 24.4 Å². The highest BCUT2D eigenvalue weighted by Gasteiger charge is 2.57. The van der Waals surface area contributed by atoms with Crippen LogP contribution in [0.5, 0.6) is 0 Å². The number of benzene rings is 1. The summed E-state index contributed by atoms with van der Waals surface area (Å²) in [6.07, 6.45) is 4.05. The molecule has 25 heavy (non-hydrogen) atoms. The number of aliphatic carboxylic acids is 1. The molecule has 2 aliphatic rings. The van der Waals surface area contributed by atoms with Crippen molar-refractivity contribution in [1.82, 2.24) is 9.88 Å². The van der Waals surface area contributed by atoms with Gasteiger partial charge in [-0.05, 0) is 24.5 Å². The molecule has 2 saturated heterocycles.